The first-order chi connectivity index (χ1) is 12.5. The quantitative estimate of drug-likeness (QED) is 0.189. The third kappa shape index (κ3) is 19.3. The van der Waals surface area contributed by atoms with Crippen molar-refractivity contribution < 1.29 is 36.3 Å². The van der Waals surface area contributed by atoms with Gasteiger partial charge in [0.05, 0.1) is 11.3 Å². The molecule has 0 radical (unpaired) electrons. The molecule has 0 aromatic carbocycles. The second-order valence-electron chi connectivity index (χ2n) is 7.03. The molecule has 2 aliphatic rings. The summed E-state index contributed by atoms with van der Waals surface area (Å²) < 4.78 is 0. The number of hydrogen-bond acceptors (Lipinski definition) is 2. The van der Waals surface area contributed by atoms with Gasteiger partial charge in [-0.25, -0.2) is 4.79 Å². The van der Waals surface area contributed by atoms with E-state index in [0.717, 1.165) is 6.08 Å². The van der Waals surface area contributed by atoms with E-state index in [2.05, 4.69) is 20.4 Å². The van der Waals surface area contributed by atoms with Gasteiger partial charge in [0.1, 0.15) is 0 Å². The van der Waals surface area contributed by atoms with Crippen molar-refractivity contribution in [2.45, 2.75) is 103 Å². The van der Waals surface area contributed by atoms with Gasteiger partial charge in [-0.05, 0) is 51.4 Å². The third-order valence-electron chi connectivity index (χ3n) is 5.11. The van der Waals surface area contributed by atoms with Gasteiger partial charge in [0.25, 0.3) is 5.97 Å². The predicted molar refractivity (Wildman–Crippen MR) is 126 cm³/mol. The van der Waals surface area contributed by atoms with E-state index in [-0.39, 0.29) is 45.7 Å². The fourth-order valence-corrected chi connectivity index (χ4v) is 8.08. The monoisotopic (exact) mass is 475 g/mol. The first-order valence-electron chi connectivity index (χ1n) is 9.97. The molecule has 0 spiro atoms. The minimum Gasteiger partial charge on any atom is -0.483 e. The Bertz CT molecular complexity index is 374. The number of hydrogen-bond donors (Lipinski definition) is 2. The Kier molecular flexibility index (Phi) is 29.6. The number of carbonyl (C=O) groups is 2. The maximum absolute atomic E-state index is 9.31. The Hall–Kier alpha value is -0.396. The molecule has 2 saturated carbocycles. The summed E-state index contributed by atoms with van der Waals surface area (Å²) in [5.74, 6) is -1.84. The second-order valence-corrected chi connectivity index (χ2v) is 10.3. The molecule has 0 bridgehead atoms. The van der Waals surface area contributed by atoms with Gasteiger partial charge >= 0.3 is 22.5 Å². The average molecular weight is 476 g/mol. The van der Waals surface area contributed by atoms with Gasteiger partial charge in [0, 0.05) is 20.2 Å². The largest absolute Gasteiger partial charge is 2.00 e. The van der Waals surface area contributed by atoms with E-state index in [1.807, 2.05) is 0 Å². The van der Waals surface area contributed by atoms with Crippen molar-refractivity contribution in [1.29, 1.82) is 0 Å². The Balaban J connectivity index is -0.000000205. The van der Waals surface area contributed by atoms with E-state index in [0.29, 0.717) is 0 Å². The van der Waals surface area contributed by atoms with Crippen LogP contribution in [0.25, 0.3) is 0 Å². The molecule has 6 heteroatoms. The molecule has 0 amide bonds. The van der Waals surface area contributed by atoms with E-state index < -0.39 is 11.9 Å². The predicted octanol–water partition coefficient (Wildman–Crippen LogP) is 6.91. The maximum atomic E-state index is 9.31. The Morgan fingerprint density at radius 3 is 1.41 bits per heavy atom. The van der Waals surface area contributed by atoms with Crippen molar-refractivity contribution in [1.82, 2.24) is 0 Å². The minimum atomic E-state index is -0.981. The van der Waals surface area contributed by atoms with Crippen molar-refractivity contribution >= 4 is 19.9 Å². The normalized spacial score (nSPS) is 16.2. The zero-order valence-corrected chi connectivity index (χ0v) is 18.6. The van der Waals surface area contributed by atoms with Gasteiger partial charge < -0.3 is 24.1 Å². The number of carboxylic acid groups (broad SMARTS) is 2. The Labute approximate surface area is 192 Å². The molecule has 0 aliphatic heterocycles. The molecule has 2 aliphatic carbocycles. The van der Waals surface area contributed by atoms with Gasteiger partial charge in [-0.3, -0.25) is 4.79 Å². The van der Waals surface area contributed by atoms with E-state index >= 15 is 0 Å². The zero-order chi connectivity index (χ0) is 19.8. The molecule has 0 atom stereocenters. The van der Waals surface area contributed by atoms with Crippen LogP contribution in [0.15, 0.2) is 12.7 Å². The summed E-state index contributed by atoms with van der Waals surface area (Å²) in [5.41, 5.74) is 2.34. The van der Waals surface area contributed by atoms with Crippen LogP contribution in [0.3, 0.4) is 0 Å². The smallest absolute Gasteiger partial charge is 0.483 e. The Morgan fingerprint density at radius 2 is 1.21 bits per heavy atom. The first kappa shape index (κ1) is 36.0. The molecule has 2 N–H and O–H groups in total. The van der Waals surface area contributed by atoms with Crippen LogP contribution in [0.5, 0.6) is 0 Å². The van der Waals surface area contributed by atoms with Crippen LogP contribution in [0.2, 0.25) is 0 Å². The van der Waals surface area contributed by atoms with Crippen LogP contribution < -0.4 is 0 Å². The molecule has 0 aromatic heterocycles. The summed E-state index contributed by atoms with van der Waals surface area (Å²) in [4.78, 5) is 18.6. The fraction of sp³-hybridized carbons (Fsp3) is 0.739. The molecular formula is C23H46NiO4P+. The van der Waals surface area contributed by atoms with Crippen molar-refractivity contribution in [2.75, 3.05) is 6.16 Å². The van der Waals surface area contributed by atoms with Gasteiger partial charge in [-0.2, -0.15) is 0 Å². The zero-order valence-electron chi connectivity index (χ0n) is 16.6. The van der Waals surface area contributed by atoms with Crippen molar-refractivity contribution in [2.24, 2.45) is 0 Å². The van der Waals surface area contributed by atoms with Crippen LogP contribution in [-0.2, 0) is 26.1 Å². The van der Waals surface area contributed by atoms with Crippen LogP contribution >= 0.6 is 7.92 Å². The Morgan fingerprint density at radius 1 is 0.897 bits per heavy atom. The van der Waals surface area contributed by atoms with Crippen molar-refractivity contribution in [3.8, 4) is 0 Å². The molecule has 2 fully saturated rings. The first-order valence-corrected chi connectivity index (χ1v) is 11.8. The summed E-state index contributed by atoms with van der Waals surface area (Å²) in [6.07, 6.45) is 19.0. The van der Waals surface area contributed by atoms with Crippen LogP contribution in [0.4, 0.5) is 0 Å². The van der Waals surface area contributed by atoms with E-state index in [9.17, 15) is 9.59 Å². The number of carboxylic acids is 2. The second kappa shape index (κ2) is 23.9. The summed E-state index contributed by atoms with van der Waals surface area (Å²) in [7, 11) is -0.0593. The molecule has 176 valence electrons. The average Bonchev–Trinajstić information content (AvgIpc) is 2.68. The SMILES string of the molecule is C.C.C=CC(=O)O.[CH2-]CC(=O)O.[CH2-]CC[PH+](C1CCCCC1)C1CCCCC1.[Ni+2]. The van der Waals surface area contributed by atoms with Gasteiger partial charge in [-0.1, -0.05) is 40.7 Å². The molecular weight excluding hydrogens is 430 g/mol. The molecule has 4 nitrogen and oxygen atoms in total. The molecule has 2 rings (SSSR count). The summed E-state index contributed by atoms with van der Waals surface area (Å²) >= 11 is 0. The summed E-state index contributed by atoms with van der Waals surface area (Å²) in [5, 5.41) is 15.3. The van der Waals surface area contributed by atoms with Crippen LogP contribution in [-0.4, -0.2) is 39.6 Å². The topological polar surface area (TPSA) is 74.6 Å². The maximum Gasteiger partial charge on any atom is 2.00 e. The molecule has 0 heterocycles. The summed E-state index contributed by atoms with van der Waals surface area (Å²) in [6, 6.07) is 0. The molecule has 0 saturated heterocycles. The minimum absolute atomic E-state index is 0. The van der Waals surface area contributed by atoms with Gasteiger partial charge in [0.2, 0.25) is 0 Å². The van der Waals surface area contributed by atoms with E-state index in [1.54, 1.807) is 25.7 Å². The van der Waals surface area contributed by atoms with Crippen LogP contribution in [0, 0.1) is 13.8 Å². The summed E-state index contributed by atoms with van der Waals surface area (Å²) in [6.45, 7) is 10.2. The third-order valence-corrected chi connectivity index (χ3v) is 9.30. The van der Waals surface area contributed by atoms with Crippen LogP contribution in [0.1, 0.15) is 91.9 Å². The number of aliphatic carboxylic acids is 2. The van der Waals surface area contributed by atoms with Crippen molar-refractivity contribution in [3.05, 3.63) is 26.5 Å². The van der Waals surface area contributed by atoms with Gasteiger partial charge in [-0.15, -0.1) is 6.42 Å². The standard InChI is InChI=1S/C15H28P.C3H5O2.C3H4O2.2CH4.Ni/c1-2-13-16(14-9-5-3-6-10-14)15-11-7-4-8-12-15;2*1-2-3(4)5;;;/h14-15H,1-13H2;1-2H2,(H,4,5);2H,1H2,(H,4,5);2*1H4;/q2*-1;;;;+2/p+1. The molecule has 0 aromatic rings. The van der Waals surface area contributed by atoms with Crippen molar-refractivity contribution in [3.63, 3.8) is 0 Å². The molecule has 29 heavy (non-hydrogen) atoms. The number of rotatable bonds is 6. The van der Waals surface area contributed by atoms with Gasteiger partial charge in [0.15, 0.2) is 0 Å². The van der Waals surface area contributed by atoms with E-state index in [4.69, 9.17) is 10.2 Å². The fourth-order valence-electron chi connectivity index (χ4n) is 3.89. The van der Waals surface area contributed by atoms with E-state index in [1.165, 1.54) is 62.4 Å². The molecule has 0 unspecified atom stereocenters.